The Kier molecular flexibility index (Phi) is 5.91. The van der Waals surface area contributed by atoms with E-state index in [2.05, 4.69) is 57.8 Å². The van der Waals surface area contributed by atoms with Gasteiger partial charge in [0.2, 0.25) is 0 Å². The lowest BCUT2D eigenvalue weighted by Crippen LogP contribution is -2.20. The maximum atomic E-state index is 12.7. The number of hydrogen-bond acceptors (Lipinski definition) is 2. The number of amides is 2. The van der Waals surface area contributed by atoms with E-state index in [0.717, 1.165) is 26.9 Å². The molecule has 0 fully saturated rings. The first kappa shape index (κ1) is 20.2. The fraction of sp³-hybridized carbons (Fsp3) is 0.160. The van der Waals surface area contributed by atoms with Crippen molar-refractivity contribution < 1.29 is 9.53 Å². The van der Waals surface area contributed by atoms with Crippen LogP contribution in [0.5, 0.6) is 5.75 Å². The fourth-order valence-electron chi connectivity index (χ4n) is 3.57. The molecule has 0 radical (unpaired) electrons. The number of allylic oxidation sites excluding steroid dienone is 1. The summed E-state index contributed by atoms with van der Waals surface area (Å²) in [6.07, 6.45) is 2.23. The Balaban J connectivity index is 1.67. The molecule has 1 aliphatic heterocycles. The molecular formula is C25H23BrN2O2. The first-order valence-electron chi connectivity index (χ1n) is 9.83. The van der Waals surface area contributed by atoms with E-state index in [0.29, 0.717) is 18.0 Å². The highest BCUT2D eigenvalue weighted by Crippen LogP contribution is 2.42. The third-order valence-corrected chi connectivity index (χ3v) is 5.49. The van der Waals surface area contributed by atoms with Crippen LogP contribution in [0.4, 0.5) is 16.2 Å². The summed E-state index contributed by atoms with van der Waals surface area (Å²) in [5.41, 5.74) is 5.84. The Morgan fingerprint density at radius 3 is 2.47 bits per heavy atom. The van der Waals surface area contributed by atoms with E-state index in [1.165, 1.54) is 5.56 Å². The van der Waals surface area contributed by atoms with Gasteiger partial charge in [0.05, 0.1) is 5.69 Å². The molecule has 152 valence electrons. The summed E-state index contributed by atoms with van der Waals surface area (Å²) in [7, 11) is 0. The van der Waals surface area contributed by atoms with Gasteiger partial charge in [-0.05, 0) is 49.2 Å². The van der Waals surface area contributed by atoms with Crippen molar-refractivity contribution in [3.63, 3.8) is 0 Å². The highest BCUT2D eigenvalue weighted by Gasteiger charge is 2.24. The van der Waals surface area contributed by atoms with Gasteiger partial charge >= 0.3 is 6.03 Å². The predicted molar refractivity (Wildman–Crippen MR) is 125 cm³/mol. The first-order valence-corrected chi connectivity index (χ1v) is 10.6. The molecule has 5 heteroatoms. The van der Waals surface area contributed by atoms with Crippen molar-refractivity contribution in [3.8, 4) is 5.75 Å². The van der Waals surface area contributed by atoms with Gasteiger partial charge in [0.25, 0.3) is 0 Å². The van der Waals surface area contributed by atoms with Crippen LogP contribution in [-0.2, 0) is 0 Å². The van der Waals surface area contributed by atoms with Gasteiger partial charge in [-0.15, -0.1) is 0 Å². The van der Waals surface area contributed by atoms with Crippen molar-refractivity contribution in [2.45, 2.75) is 19.8 Å². The number of aryl methyl sites for hydroxylation is 1. The number of halogens is 1. The SMILES string of the molecule is CC1=C[C@H](c2ccccc2)c2cc(Br)cc(NC(=O)Nc3ccc(C)cc3)c2OC1. The lowest BCUT2D eigenvalue weighted by molar-refractivity contribution is 0.262. The molecule has 2 N–H and O–H groups in total. The van der Waals surface area contributed by atoms with Gasteiger partial charge in [-0.3, -0.25) is 0 Å². The van der Waals surface area contributed by atoms with E-state index < -0.39 is 0 Å². The smallest absolute Gasteiger partial charge is 0.323 e. The Hall–Kier alpha value is -3.05. The van der Waals surface area contributed by atoms with Crippen LogP contribution in [0.2, 0.25) is 0 Å². The standard InChI is InChI=1S/C25H23BrN2O2/c1-16-8-10-20(11-9-16)27-25(29)28-23-14-19(26)13-22-21(18-6-4-3-5-7-18)12-17(2)15-30-24(22)23/h3-14,21H,15H2,1-2H3,(H2,27,28,29)/t21-/m1/s1. The van der Waals surface area contributed by atoms with Gasteiger partial charge in [-0.25, -0.2) is 4.79 Å². The summed E-state index contributed by atoms with van der Waals surface area (Å²) in [6.45, 7) is 4.55. The van der Waals surface area contributed by atoms with Crippen molar-refractivity contribution in [2.75, 3.05) is 17.2 Å². The minimum Gasteiger partial charge on any atom is -0.487 e. The summed E-state index contributed by atoms with van der Waals surface area (Å²) >= 11 is 3.60. The topological polar surface area (TPSA) is 50.4 Å². The average Bonchev–Trinajstić information content (AvgIpc) is 2.89. The minimum atomic E-state index is -0.312. The number of ether oxygens (including phenoxy) is 1. The highest BCUT2D eigenvalue weighted by molar-refractivity contribution is 9.10. The molecule has 3 aromatic rings. The van der Waals surface area contributed by atoms with E-state index in [-0.39, 0.29) is 11.9 Å². The molecule has 0 spiro atoms. The largest absolute Gasteiger partial charge is 0.487 e. The molecule has 0 aliphatic carbocycles. The third kappa shape index (κ3) is 4.57. The van der Waals surface area contributed by atoms with Gasteiger partial charge < -0.3 is 15.4 Å². The normalized spacial score (nSPS) is 15.3. The summed E-state index contributed by atoms with van der Waals surface area (Å²) in [5, 5.41) is 5.84. The maximum Gasteiger partial charge on any atom is 0.323 e. The quantitative estimate of drug-likeness (QED) is 0.417. The van der Waals surface area contributed by atoms with Gasteiger partial charge in [0.15, 0.2) is 0 Å². The van der Waals surface area contributed by atoms with Crippen LogP contribution in [-0.4, -0.2) is 12.6 Å². The zero-order valence-corrected chi connectivity index (χ0v) is 18.5. The van der Waals surface area contributed by atoms with E-state index in [4.69, 9.17) is 4.74 Å². The van der Waals surface area contributed by atoms with Gasteiger partial charge in [-0.2, -0.15) is 0 Å². The number of urea groups is 1. The van der Waals surface area contributed by atoms with Crippen LogP contribution in [0.1, 0.15) is 29.5 Å². The van der Waals surface area contributed by atoms with Crippen molar-refractivity contribution in [2.24, 2.45) is 0 Å². The molecule has 1 aliphatic rings. The Morgan fingerprint density at radius 2 is 1.73 bits per heavy atom. The van der Waals surface area contributed by atoms with Gasteiger partial charge in [-0.1, -0.05) is 70.0 Å². The molecular weight excluding hydrogens is 440 g/mol. The number of carbonyl (C=O) groups is 1. The predicted octanol–water partition coefficient (Wildman–Crippen LogP) is 6.87. The molecule has 4 nitrogen and oxygen atoms in total. The summed E-state index contributed by atoms with van der Waals surface area (Å²) in [4.78, 5) is 12.7. The number of benzene rings is 3. The number of nitrogens with one attached hydrogen (secondary N) is 2. The number of rotatable bonds is 3. The Bertz CT molecular complexity index is 1090. The molecule has 0 bridgehead atoms. The molecule has 3 aromatic carbocycles. The zero-order chi connectivity index (χ0) is 21.1. The van der Waals surface area contributed by atoms with Crippen molar-refractivity contribution >= 4 is 33.3 Å². The van der Waals surface area contributed by atoms with Crippen LogP contribution in [0, 0.1) is 6.92 Å². The molecule has 0 saturated heterocycles. The number of carbonyl (C=O) groups excluding carboxylic acids is 1. The number of hydrogen-bond donors (Lipinski definition) is 2. The molecule has 0 aromatic heterocycles. The minimum absolute atomic E-state index is 0.0434. The van der Waals surface area contributed by atoms with Gasteiger partial charge in [0, 0.05) is 21.6 Å². The van der Waals surface area contributed by atoms with Crippen LogP contribution in [0.25, 0.3) is 0 Å². The Labute approximate surface area is 185 Å². The van der Waals surface area contributed by atoms with E-state index >= 15 is 0 Å². The molecule has 1 atom stereocenters. The fourth-order valence-corrected chi connectivity index (χ4v) is 4.04. The molecule has 30 heavy (non-hydrogen) atoms. The van der Waals surface area contributed by atoms with E-state index in [9.17, 15) is 4.79 Å². The maximum absolute atomic E-state index is 12.7. The van der Waals surface area contributed by atoms with Crippen LogP contribution in [0.3, 0.4) is 0 Å². The monoisotopic (exact) mass is 462 g/mol. The zero-order valence-electron chi connectivity index (χ0n) is 16.9. The molecule has 1 heterocycles. The van der Waals surface area contributed by atoms with Gasteiger partial charge in [0.1, 0.15) is 12.4 Å². The first-order chi connectivity index (χ1) is 14.5. The van der Waals surface area contributed by atoms with Crippen LogP contribution in [0.15, 0.2) is 82.9 Å². The lowest BCUT2D eigenvalue weighted by Gasteiger charge is -2.20. The molecule has 2 amide bonds. The van der Waals surface area contributed by atoms with Crippen LogP contribution < -0.4 is 15.4 Å². The lowest BCUT2D eigenvalue weighted by atomic mass is 9.89. The molecule has 0 saturated carbocycles. The summed E-state index contributed by atoms with van der Waals surface area (Å²) in [5.74, 6) is 0.737. The third-order valence-electron chi connectivity index (χ3n) is 5.03. The van der Waals surface area contributed by atoms with Crippen molar-refractivity contribution in [1.29, 1.82) is 0 Å². The number of fused-ring (bicyclic) bond motifs is 1. The Morgan fingerprint density at radius 1 is 1.00 bits per heavy atom. The second-order valence-electron chi connectivity index (χ2n) is 7.51. The summed E-state index contributed by atoms with van der Waals surface area (Å²) in [6, 6.07) is 21.6. The van der Waals surface area contributed by atoms with E-state index in [1.807, 2.05) is 55.5 Å². The second-order valence-corrected chi connectivity index (χ2v) is 8.42. The molecule has 4 rings (SSSR count). The van der Waals surface area contributed by atoms with E-state index in [1.54, 1.807) is 0 Å². The average molecular weight is 463 g/mol. The second kappa shape index (κ2) is 8.76. The van der Waals surface area contributed by atoms with Crippen molar-refractivity contribution in [3.05, 3.63) is 99.5 Å². The molecule has 0 unspecified atom stereocenters. The summed E-state index contributed by atoms with van der Waals surface area (Å²) < 4.78 is 7.01. The van der Waals surface area contributed by atoms with Crippen LogP contribution >= 0.6 is 15.9 Å². The highest BCUT2D eigenvalue weighted by atomic mass is 79.9. The van der Waals surface area contributed by atoms with Crippen molar-refractivity contribution in [1.82, 2.24) is 0 Å². The number of anilines is 2.